The Morgan fingerprint density at radius 1 is 0.821 bits per heavy atom. The maximum atomic E-state index is 14.0. The van der Waals surface area contributed by atoms with Crippen LogP contribution in [0.4, 0.5) is 4.39 Å². The lowest BCUT2D eigenvalue weighted by Gasteiger charge is -2.11. The van der Waals surface area contributed by atoms with Crippen LogP contribution in [0, 0.1) is 11.7 Å². The van der Waals surface area contributed by atoms with E-state index in [4.69, 9.17) is 0 Å². The highest BCUT2D eigenvalue weighted by atomic mass is 19.1. The zero-order valence-electron chi connectivity index (χ0n) is 21.7. The van der Waals surface area contributed by atoms with Gasteiger partial charge < -0.3 is 10.3 Å². The molecule has 1 aliphatic carbocycles. The number of halogens is 1. The first-order chi connectivity index (χ1) is 19.2. The molecule has 0 bridgehead atoms. The third-order valence-corrected chi connectivity index (χ3v) is 7.98. The average molecular weight is 516 g/mol. The highest BCUT2D eigenvalue weighted by Crippen LogP contribution is 2.35. The van der Waals surface area contributed by atoms with Crippen molar-refractivity contribution in [3.63, 3.8) is 0 Å². The van der Waals surface area contributed by atoms with Gasteiger partial charge in [-0.15, -0.1) is 0 Å². The number of aromatic nitrogens is 4. The van der Waals surface area contributed by atoms with Gasteiger partial charge in [0.15, 0.2) is 0 Å². The SMILES string of the molecule is Fc1cccc(-c2cccc3[nH]c(-c4n[nH]c5ccc(-c6cncc(CNCC7CCCC7)c6)cc45)cc23)c1. The Kier molecular flexibility index (Phi) is 6.17. The molecule has 1 aliphatic rings. The number of hydrogen-bond acceptors (Lipinski definition) is 3. The zero-order valence-corrected chi connectivity index (χ0v) is 21.7. The van der Waals surface area contributed by atoms with Crippen molar-refractivity contribution in [2.75, 3.05) is 6.54 Å². The second-order valence-corrected chi connectivity index (χ2v) is 10.7. The highest BCUT2D eigenvalue weighted by molar-refractivity contribution is 6.01. The first-order valence-electron chi connectivity index (χ1n) is 13.7. The van der Waals surface area contributed by atoms with Crippen LogP contribution in [-0.2, 0) is 6.54 Å². The summed E-state index contributed by atoms with van der Waals surface area (Å²) in [7, 11) is 0. The Balaban J connectivity index is 1.20. The lowest BCUT2D eigenvalue weighted by Crippen LogP contribution is -2.20. The quantitative estimate of drug-likeness (QED) is 0.203. The lowest BCUT2D eigenvalue weighted by molar-refractivity contribution is 0.489. The van der Waals surface area contributed by atoms with Gasteiger partial charge in [0.05, 0.1) is 11.2 Å². The highest BCUT2D eigenvalue weighted by Gasteiger charge is 2.16. The van der Waals surface area contributed by atoms with Crippen LogP contribution in [-0.4, -0.2) is 26.7 Å². The summed E-state index contributed by atoms with van der Waals surface area (Å²) in [5.74, 6) is 0.576. The predicted octanol–water partition coefficient (Wildman–Crippen LogP) is 7.86. The van der Waals surface area contributed by atoms with Gasteiger partial charge in [0.25, 0.3) is 0 Å². The first kappa shape index (κ1) is 23.8. The van der Waals surface area contributed by atoms with Crippen molar-refractivity contribution >= 4 is 21.8 Å². The third kappa shape index (κ3) is 4.72. The second kappa shape index (κ2) is 10.1. The number of nitrogens with one attached hydrogen (secondary N) is 3. The predicted molar refractivity (Wildman–Crippen MR) is 156 cm³/mol. The van der Waals surface area contributed by atoms with Gasteiger partial charge in [-0.2, -0.15) is 5.10 Å². The standard InChI is InChI=1S/C33H30FN5/c34-26-8-3-7-24(14-26)27-9-4-10-30-28(27)16-32(37-30)33-29-15-23(11-12-31(29)38-39-33)25-13-22(19-36-20-25)18-35-17-21-5-1-2-6-21/h3-4,7-16,19-21,35,37H,1-2,5-6,17-18H2,(H,38,39). The van der Waals surface area contributed by atoms with Gasteiger partial charge in [-0.3, -0.25) is 10.1 Å². The van der Waals surface area contributed by atoms with E-state index in [1.54, 1.807) is 12.1 Å². The van der Waals surface area contributed by atoms with Crippen LogP contribution in [0.15, 0.2) is 85.2 Å². The first-order valence-corrected chi connectivity index (χ1v) is 13.7. The second-order valence-electron chi connectivity index (χ2n) is 10.7. The molecular weight excluding hydrogens is 485 g/mol. The van der Waals surface area contributed by atoms with Crippen molar-refractivity contribution in [1.29, 1.82) is 0 Å². The number of aromatic amines is 2. The number of pyridine rings is 1. The molecule has 0 saturated heterocycles. The van der Waals surface area contributed by atoms with E-state index < -0.39 is 0 Å². The lowest BCUT2D eigenvalue weighted by atomic mass is 10.0. The molecule has 0 amide bonds. The third-order valence-electron chi connectivity index (χ3n) is 7.98. The van der Waals surface area contributed by atoms with E-state index in [1.165, 1.54) is 37.3 Å². The summed E-state index contributed by atoms with van der Waals surface area (Å²) in [6, 6.07) is 23.5. The molecule has 0 radical (unpaired) electrons. The Hall–Kier alpha value is -4.29. The minimum absolute atomic E-state index is 0.241. The zero-order chi connectivity index (χ0) is 26.2. The molecule has 6 heteroatoms. The van der Waals surface area contributed by atoms with Gasteiger partial charge in [0.2, 0.25) is 0 Å². The van der Waals surface area contributed by atoms with E-state index in [9.17, 15) is 4.39 Å². The Morgan fingerprint density at radius 3 is 2.62 bits per heavy atom. The monoisotopic (exact) mass is 515 g/mol. The summed E-state index contributed by atoms with van der Waals surface area (Å²) in [5, 5.41) is 13.6. The van der Waals surface area contributed by atoms with E-state index in [0.717, 1.165) is 74.5 Å². The van der Waals surface area contributed by atoms with Crippen LogP contribution in [0.25, 0.3) is 55.4 Å². The fraction of sp³-hybridized carbons (Fsp3) is 0.212. The van der Waals surface area contributed by atoms with Crippen LogP contribution in [0.3, 0.4) is 0 Å². The molecule has 0 spiro atoms. The normalized spacial score (nSPS) is 14.1. The molecule has 3 heterocycles. The van der Waals surface area contributed by atoms with Gasteiger partial charge >= 0.3 is 0 Å². The number of rotatable bonds is 7. The van der Waals surface area contributed by atoms with Crippen molar-refractivity contribution in [2.24, 2.45) is 5.92 Å². The van der Waals surface area contributed by atoms with Crippen molar-refractivity contribution in [3.05, 3.63) is 96.6 Å². The van der Waals surface area contributed by atoms with Crippen molar-refractivity contribution in [2.45, 2.75) is 32.2 Å². The molecular formula is C33H30FN5. The van der Waals surface area contributed by atoms with Crippen LogP contribution in [0.5, 0.6) is 0 Å². The number of benzene rings is 3. The fourth-order valence-electron chi connectivity index (χ4n) is 5.97. The summed E-state index contributed by atoms with van der Waals surface area (Å²) in [6.07, 6.45) is 9.31. The Bertz CT molecular complexity index is 1780. The number of nitrogens with zero attached hydrogens (tertiary/aromatic N) is 2. The van der Waals surface area contributed by atoms with Crippen LogP contribution >= 0.6 is 0 Å². The van der Waals surface area contributed by atoms with Crippen LogP contribution in [0.2, 0.25) is 0 Å². The maximum Gasteiger partial charge on any atom is 0.123 e. The van der Waals surface area contributed by atoms with Crippen LogP contribution < -0.4 is 5.32 Å². The summed E-state index contributed by atoms with van der Waals surface area (Å²) in [6.45, 7) is 1.92. The van der Waals surface area contributed by atoms with Crippen molar-refractivity contribution < 1.29 is 4.39 Å². The summed E-state index contributed by atoms with van der Waals surface area (Å²) in [4.78, 5) is 8.07. The molecule has 0 unspecified atom stereocenters. The summed E-state index contributed by atoms with van der Waals surface area (Å²) >= 11 is 0. The average Bonchev–Trinajstić information content (AvgIpc) is 3.72. The van der Waals surface area contributed by atoms with Crippen molar-refractivity contribution in [3.8, 4) is 33.6 Å². The molecule has 194 valence electrons. The maximum absolute atomic E-state index is 14.0. The van der Waals surface area contributed by atoms with Gasteiger partial charge in [0.1, 0.15) is 11.5 Å². The summed E-state index contributed by atoms with van der Waals surface area (Å²) < 4.78 is 14.0. The van der Waals surface area contributed by atoms with Gasteiger partial charge in [-0.1, -0.05) is 43.2 Å². The molecule has 3 aromatic carbocycles. The molecule has 3 N–H and O–H groups in total. The molecule has 0 aliphatic heterocycles. The smallest absolute Gasteiger partial charge is 0.123 e. The molecule has 1 saturated carbocycles. The summed E-state index contributed by atoms with van der Waals surface area (Å²) in [5.41, 5.74) is 8.96. The molecule has 3 aromatic heterocycles. The van der Waals surface area contributed by atoms with Gasteiger partial charge in [-0.25, -0.2) is 4.39 Å². The number of fused-ring (bicyclic) bond motifs is 2. The largest absolute Gasteiger partial charge is 0.353 e. The number of hydrogen-bond donors (Lipinski definition) is 3. The Labute approximate surface area is 226 Å². The molecule has 7 rings (SSSR count). The molecule has 6 aromatic rings. The molecule has 5 nitrogen and oxygen atoms in total. The van der Waals surface area contributed by atoms with E-state index in [2.05, 4.69) is 55.8 Å². The van der Waals surface area contributed by atoms with E-state index in [1.807, 2.05) is 36.7 Å². The van der Waals surface area contributed by atoms with Crippen LogP contribution in [0.1, 0.15) is 31.2 Å². The van der Waals surface area contributed by atoms with E-state index in [0.29, 0.717) is 0 Å². The molecule has 39 heavy (non-hydrogen) atoms. The van der Waals surface area contributed by atoms with E-state index in [-0.39, 0.29) is 5.82 Å². The van der Waals surface area contributed by atoms with E-state index >= 15 is 0 Å². The number of H-pyrrole nitrogens is 2. The Morgan fingerprint density at radius 2 is 1.72 bits per heavy atom. The van der Waals surface area contributed by atoms with Gasteiger partial charge in [0, 0.05) is 40.8 Å². The minimum atomic E-state index is -0.241. The molecule has 1 fully saturated rings. The topological polar surface area (TPSA) is 69.4 Å². The van der Waals surface area contributed by atoms with Crippen molar-refractivity contribution in [1.82, 2.24) is 25.5 Å². The minimum Gasteiger partial charge on any atom is -0.353 e. The van der Waals surface area contributed by atoms with Gasteiger partial charge in [-0.05, 0) is 90.0 Å². The fourth-order valence-corrected chi connectivity index (χ4v) is 5.97. The molecule has 0 atom stereocenters.